The van der Waals surface area contributed by atoms with Crippen molar-refractivity contribution in [2.75, 3.05) is 0 Å². The topological polar surface area (TPSA) is 43.1 Å². The highest BCUT2D eigenvalue weighted by atomic mass is 32.1. The van der Waals surface area contributed by atoms with Gasteiger partial charge in [0, 0.05) is 9.75 Å². The van der Waals surface area contributed by atoms with E-state index in [-0.39, 0.29) is 11.3 Å². The molecule has 1 aliphatic rings. The summed E-state index contributed by atoms with van der Waals surface area (Å²) in [4.78, 5) is 14.2. The molecule has 0 saturated carbocycles. The Hall–Kier alpha value is -0.830. The summed E-state index contributed by atoms with van der Waals surface area (Å²) in [5.41, 5.74) is 7.64. The molecule has 0 aromatic carbocycles. The highest BCUT2D eigenvalue weighted by Gasteiger charge is 2.29. The van der Waals surface area contributed by atoms with Crippen molar-refractivity contribution in [3.8, 4) is 0 Å². The third-order valence-corrected chi connectivity index (χ3v) is 4.82. The Morgan fingerprint density at radius 3 is 2.44 bits per heavy atom. The summed E-state index contributed by atoms with van der Waals surface area (Å²) in [5, 5.41) is 0. The number of thiophene rings is 1. The maximum atomic E-state index is 11.6. The van der Waals surface area contributed by atoms with Crippen LogP contribution in [0.15, 0.2) is 0 Å². The third-order valence-electron chi connectivity index (χ3n) is 3.10. The Balaban J connectivity index is 2.61. The van der Waals surface area contributed by atoms with Crippen LogP contribution in [0.2, 0.25) is 0 Å². The molecule has 3 heteroatoms. The van der Waals surface area contributed by atoms with E-state index in [0.29, 0.717) is 0 Å². The summed E-state index contributed by atoms with van der Waals surface area (Å²) in [6.45, 7) is 6.45. The molecule has 0 fully saturated rings. The van der Waals surface area contributed by atoms with Crippen LogP contribution in [0.1, 0.15) is 59.3 Å². The van der Waals surface area contributed by atoms with Gasteiger partial charge in [0.15, 0.2) is 0 Å². The molecule has 16 heavy (non-hydrogen) atoms. The molecule has 0 bridgehead atoms. The molecule has 1 aromatic rings. The average Bonchev–Trinajstić information content (AvgIpc) is 2.55. The number of nitrogens with two attached hydrogens (primary N) is 1. The van der Waals surface area contributed by atoms with Gasteiger partial charge in [0.05, 0.1) is 5.56 Å². The van der Waals surface area contributed by atoms with Gasteiger partial charge in [-0.1, -0.05) is 20.8 Å². The van der Waals surface area contributed by atoms with E-state index in [0.717, 1.165) is 18.4 Å². The van der Waals surface area contributed by atoms with Gasteiger partial charge in [-0.3, -0.25) is 4.79 Å². The minimum atomic E-state index is -0.246. The van der Waals surface area contributed by atoms with Gasteiger partial charge in [-0.2, -0.15) is 0 Å². The summed E-state index contributed by atoms with van der Waals surface area (Å²) in [6, 6.07) is 0. The van der Waals surface area contributed by atoms with E-state index in [9.17, 15) is 4.79 Å². The van der Waals surface area contributed by atoms with E-state index in [4.69, 9.17) is 5.73 Å². The van der Waals surface area contributed by atoms with Crippen molar-refractivity contribution in [2.45, 2.75) is 51.9 Å². The second-order valence-corrected chi connectivity index (χ2v) is 6.63. The number of hydrogen-bond acceptors (Lipinski definition) is 2. The first kappa shape index (κ1) is 11.6. The normalized spacial score (nSPS) is 15.9. The van der Waals surface area contributed by atoms with Gasteiger partial charge in [-0.05, 0) is 36.7 Å². The Kier molecular flexibility index (Phi) is 2.82. The number of carbonyl (C=O) groups excluding carboxylic acids is 1. The second-order valence-electron chi connectivity index (χ2n) is 5.53. The number of amides is 1. The van der Waals surface area contributed by atoms with Gasteiger partial charge < -0.3 is 5.73 Å². The number of hydrogen-bond donors (Lipinski definition) is 1. The number of carbonyl (C=O) groups is 1. The van der Waals surface area contributed by atoms with Crippen molar-refractivity contribution in [3.63, 3.8) is 0 Å². The van der Waals surface area contributed by atoms with E-state index in [2.05, 4.69) is 20.8 Å². The number of aryl methyl sites for hydroxylation is 1. The van der Waals surface area contributed by atoms with E-state index in [1.807, 2.05) is 0 Å². The fraction of sp³-hybridized carbons (Fsp3) is 0.615. The standard InChI is InChI=1S/C13H19NOS/c1-13(2,3)11-10(12(14)15)8-6-4-5-7-9(8)16-11/h4-7H2,1-3H3,(H2,14,15). The lowest BCUT2D eigenvalue weighted by Crippen LogP contribution is -2.20. The van der Waals surface area contributed by atoms with Crippen molar-refractivity contribution in [1.82, 2.24) is 0 Å². The SMILES string of the molecule is CC(C)(C)c1sc2c(c1C(N)=O)CCCC2. The molecule has 0 atom stereocenters. The highest BCUT2D eigenvalue weighted by molar-refractivity contribution is 7.12. The van der Waals surface area contributed by atoms with Crippen molar-refractivity contribution in [3.05, 3.63) is 20.9 Å². The lowest BCUT2D eigenvalue weighted by Gasteiger charge is -2.18. The predicted octanol–water partition coefficient (Wildman–Crippen LogP) is 3.02. The smallest absolute Gasteiger partial charge is 0.250 e. The largest absolute Gasteiger partial charge is 0.366 e. The van der Waals surface area contributed by atoms with Gasteiger partial charge in [0.25, 0.3) is 0 Å². The molecule has 2 N–H and O–H groups in total. The summed E-state index contributed by atoms with van der Waals surface area (Å²) < 4.78 is 0. The molecule has 1 aliphatic carbocycles. The maximum Gasteiger partial charge on any atom is 0.250 e. The molecule has 0 spiro atoms. The second kappa shape index (κ2) is 3.88. The summed E-state index contributed by atoms with van der Waals surface area (Å²) >= 11 is 1.80. The molecule has 2 nitrogen and oxygen atoms in total. The lowest BCUT2D eigenvalue weighted by atomic mass is 9.87. The Bertz CT molecular complexity index is 426. The fourth-order valence-electron chi connectivity index (χ4n) is 2.35. The van der Waals surface area contributed by atoms with Crippen LogP contribution in [-0.2, 0) is 18.3 Å². The van der Waals surface area contributed by atoms with Crippen LogP contribution in [0.25, 0.3) is 0 Å². The molecular weight excluding hydrogens is 218 g/mol. The van der Waals surface area contributed by atoms with Crippen molar-refractivity contribution in [1.29, 1.82) is 0 Å². The quantitative estimate of drug-likeness (QED) is 0.801. The molecule has 2 rings (SSSR count). The molecule has 0 radical (unpaired) electrons. The summed E-state index contributed by atoms with van der Waals surface area (Å²) in [5.74, 6) is -0.246. The van der Waals surface area contributed by atoms with E-state index < -0.39 is 0 Å². The predicted molar refractivity (Wildman–Crippen MR) is 68.2 cm³/mol. The van der Waals surface area contributed by atoms with Crippen LogP contribution in [0.5, 0.6) is 0 Å². The first-order chi connectivity index (χ1) is 7.41. The lowest BCUT2D eigenvalue weighted by molar-refractivity contribution is 0.0997. The molecular formula is C13H19NOS. The molecule has 1 amide bonds. The summed E-state index contributed by atoms with van der Waals surface area (Å²) in [7, 11) is 0. The zero-order valence-electron chi connectivity index (χ0n) is 10.2. The van der Waals surface area contributed by atoms with Crippen LogP contribution in [0.3, 0.4) is 0 Å². The van der Waals surface area contributed by atoms with Crippen LogP contribution < -0.4 is 5.73 Å². The summed E-state index contributed by atoms with van der Waals surface area (Å²) in [6.07, 6.45) is 4.58. The molecule has 0 saturated heterocycles. The molecule has 0 unspecified atom stereocenters. The van der Waals surface area contributed by atoms with Crippen molar-refractivity contribution >= 4 is 17.2 Å². The number of rotatable bonds is 1. The van der Waals surface area contributed by atoms with E-state index in [1.54, 1.807) is 11.3 Å². The Morgan fingerprint density at radius 1 is 1.25 bits per heavy atom. The van der Waals surface area contributed by atoms with Crippen molar-refractivity contribution in [2.24, 2.45) is 5.73 Å². The first-order valence-corrected chi connectivity index (χ1v) is 6.67. The minimum absolute atomic E-state index is 0.0202. The molecule has 1 heterocycles. The maximum absolute atomic E-state index is 11.6. The van der Waals surface area contributed by atoms with Crippen LogP contribution in [-0.4, -0.2) is 5.91 Å². The monoisotopic (exact) mass is 237 g/mol. The minimum Gasteiger partial charge on any atom is -0.366 e. The molecule has 88 valence electrons. The average molecular weight is 237 g/mol. The van der Waals surface area contributed by atoms with Gasteiger partial charge in [0.2, 0.25) is 5.91 Å². The van der Waals surface area contributed by atoms with Crippen LogP contribution in [0.4, 0.5) is 0 Å². The number of primary amides is 1. The van der Waals surface area contributed by atoms with Gasteiger partial charge in [-0.15, -0.1) is 11.3 Å². The molecule has 0 aliphatic heterocycles. The molecule has 1 aromatic heterocycles. The van der Waals surface area contributed by atoms with E-state index >= 15 is 0 Å². The van der Waals surface area contributed by atoms with Gasteiger partial charge in [0.1, 0.15) is 0 Å². The van der Waals surface area contributed by atoms with Gasteiger partial charge in [-0.25, -0.2) is 0 Å². The fourth-order valence-corrected chi connectivity index (χ4v) is 3.81. The first-order valence-electron chi connectivity index (χ1n) is 5.86. The van der Waals surface area contributed by atoms with Crippen LogP contribution in [0, 0.1) is 0 Å². The van der Waals surface area contributed by atoms with Crippen LogP contribution >= 0.6 is 11.3 Å². The Morgan fingerprint density at radius 2 is 1.88 bits per heavy atom. The van der Waals surface area contributed by atoms with Gasteiger partial charge >= 0.3 is 0 Å². The zero-order chi connectivity index (χ0) is 11.9. The van der Waals surface area contributed by atoms with Crippen molar-refractivity contribution < 1.29 is 4.79 Å². The van der Waals surface area contributed by atoms with E-state index in [1.165, 1.54) is 28.2 Å². The Labute approximate surface area is 101 Å². The third kappa shape index (κ3) is 1.88. The zero-order valence-corrected chi connectivity index (χ0v) is 11.0. The number of fused-ring (bicyclic) bond motifs is 1. The highest BCUT2D eigenvalue weighted by Crippen LogP contribution is 2.40.